The van der Waals surface area contributed by atoms with Crippen LogP contribution in [-0.2, 0) is 16.1 Å². The number of aryl methyl sites for hydroxylation is 1. The lowest BCUT2D eigenvalue weighted by Crippen LogP contribution is -2.13. The van der Waals surface area contributed by atoms with Gasteiger partial charge >= 0.3 is 11.9 Å². The maximum Gasteiger partial charge on any atom is 0.340 e. The van der Waals surface area contributed by atoms with Crippen molar-refractivity contribution < 1.29 is 24.2 Å². The van der Waals surface area contributed by atoms with E-state index in [9.17, 15) is 14.4 Å². The molecule has 0 aliphatic carbocycles. The van der Waals surface area contributed by atoms with Crippen molar-refractivity contribution in [2.75, 3.05) is 12.4 Å². The number of carboxylic acid groups (broad SMARTS) is 1. The molecule has 2 rings (SSSR count). The van der Waals surface area contributed by atoms with Gasteiger partial charge in [0.15, 0.2) is 0 Å². The molecule has 0 aliphatic heterocycles. The molecule has 1 amide bonds. The minimum atomic E-state index is -1.06. The minimum Gasteiger partial charge on any atom is -0.480 e. The molecule has 2 heterocycles. The van der Waals surface area contributed by atoms with E-state index in [1.54, 1.807) is 13.0 Å². The van der Waals surface area contributed by atoms with Crippen molar-refractivity contribution in [3.63, 3.8) is 0 Å². The van der Waals surface area contributed by atoms with Gasteiger partial charge in [-0.05, 0) is 13.0 Å². The van der Waals surface area contributed by atoms with Crippen molar-refractivity contribution >= 4 is 34.2 Å². The van der Waals surface area contributed by atoms with Crippen LogP contribution in [0, 0.1) is 6.92 Å². The Bertz CT molecular complexity index is 734. The van der Waals surface area contributed by atoms with Crippen LogP contribution in [0.25, 0.3) is 0 Å². The van der Waals surface area contributed by atoms with E-state index in [4.69, 9.17) is 5.11 Å². The number of methoxy groups -OCH3 is 1. The first-order valence-electron chi connectivity index (χ1n) is 6.15. The number of hydrogen-bond acceptors (Lipinski definition) is 6. The summed E-state index contributed by atoms with van der Waals surface area (Å²) in [6.45, 7) is 1.47. The van der Waals surface area contributed by atoms with Gasteiger partial charge < -0.3 is 15.2 Å². The Morgan fingerprint density at radius 1 is 1.45 bits per heavy atom. The van der Waals surface area contributed by atoms with Gasteiger partial charge in [-0.3, -0.25) is 14.3 Å². The van der Waals surface area contributed by atoms with Crippen LogP contribution >= 0.6 is 11.3 Å². The zero-order chi connectivity index (χ0) is 16.3. The van der Waals surface area contributed by atoms with Crippen LogP contribution in [0.5, 0.6) is 0 Å². The van der Waals surface area contributed by atoms with Crippen molar-refractivity contribution in [1.82, 2.24) is 9.78 Å². The highest BCUT2D eigenvalue weighted by atomic mass is 32.1. The van der Waals surface area contributed by atoms with E-state index in [-0.39, 0.29) is 17.7 Å². The summed E-state index contributed by atoms with van der Waals surface area (Å²) in [6.07, 6.45) is 2.58. The molecule has 2 aromatic rings. The first kappa shape index (κ1) is 15.7. The predicted octanol–water partition coefficient (Wildman–Crippen LogP) is 1.38. The summed E-state index contributed by atoms with van der Waals surface area (Å²) < 4.78 is 5.80. The maximum absolute atomic E-state index is 12.1. The molecule has 116 valence electrons. The van der Waals surface area contributed by atoms with Crippen LogP contribution in [0.3, 0.4) is 0 Å². The molecule has 0 bridgehead atoms. The summed E-state index contributed by atoms with van der Waals surface area (Å²) in [5, 5.41) is 15.4. The Labute approximate surface area is 129 Å². The fourth-order valence-electron chi connectivity index (χ4n) is 1.75. The molecule has 0 saturated carbocycles. The van der Waals surface area contributed by atoms with Gasteiger partial charge in [-0.15, -0.1) is 11.3 Å². The monoisotopic (exact) mass is 323 g/mol. The third-order valence-electron chi connectivity index (χ3n) is 2.68. The quantitative estimate of drug-likeness (QED) is 0.804. The van der Waals surface area contributed by atoms with Crippen LogP contribution in [0.1, 0.15) is 25.6 Å². The number of nitrogens with one attached hydrogen (secondary N) is 1. The molecule has 0 unspecified atom stereocenters. The van der Waals surface area contributed by atoms with E-state index in [0.717, 1.165) is 9.56 Å². The van der Waals surface area contributed by atoms with Crippen molar-refractivity contribution in [3.05, 3.63) is 34.5 Å². The number of nitrogens with zero attached hydrogens (tertiary/aromatic N) is 2. The number of hydrogen-bond donors (Lipinski definition) is 2. The summed E-state index contributed by atoms with van der Waals surface area (Å²) in [5.41, 5.74) is 0.472. The normalized spacial score (nSPS) is 10.3. The van der Waals surface area contributed by atoms with E-state index >= 15 is 0 Å². The Morgan fingerprint density at radius 3 is 2.82 bits per heavy atom. The van der Waals surface area contributed by atoms with Gasteiger partial charge in [-0.25, -0.2) is 4.79 Å². The number of aliphatic carboxylic acids is 1. The number of aromatic nitrogens is 2. The zero-order valence-electron chi connectivity index (χ0n) is 11.8. The van der Waals surface area contributed by atoms with E-state index in [1.165, 1.54) is 30.8 Å². The topological polar surface area (TPSA) is 111 Å². The highest BCUT2D eigenvalue weighted by molar-refractivity contribution is 7.16. The molecule has 9 heteroatoms. The molecule has 0 radical (unpaired) electrons. The van der Waals surface area contributed by atoms with Crippen LogP contribution in [0.4, 0.5) is 5.00 Å². The van der Waals surface area contributed by atoms with Gasteiger partial charge in [0, 0.05) is 11.1 Å². The second kappa shape index (κ2) is 6.39. The highest BCUT2D eigenvalue weighted by Gasteiger charge is 2.18. The number of esters is 1. The molecule has 8 nitrogen and oxygen atoms in total. The minimum absolute atomic E-state index is 0.197. The Balaban J connectivity index is 2.17. The van der Waals surface area contributed by atoms with Gasteiger partial charge in [0.25, 0.3) is 5.91 Å². The lowest BCUT2D eigenvalue weighted by Gasteiger charge is -2.03. The Hall–Kier alpha value is -2.68. The second-order valence-corrected chi connectivity index (χ2v) is 5.62. The number of carbonyl (C=O) groups is 3. The lowest BCUT2D eigenvalue weighted by atomic mass is 10.3. The van der Waals surface area contributed by atoms with E-state index in [0.29, 0.717) is 5.00 Å². The number of amides is 1. The number of anilines is 1. The number of carboxylic acids is 1. The van der Waals surface area contributed by atoms with Crippen LogP contribution in [-0.4, -0.2) is 39.8 Å². The van der Waals surface area contributed by atoms with E-state index < -0.39 is 17.8 Å². The zero-order valence-corrected chi connectivity index (χ0v) is 12.6. The van der Waals surface area contributed by atoms with Crippen molar-refractivity contribution in [2.45, 2.75) is 13.5 Å². The maximum atomic E-state index is 12.1. The number of rotatable bonds is 5. The SMILES string of the molecule is COC(=O)c1cc(C)sc1NC(=O)c1cnn(CC(=O)O)c1. The molecule has 2 aromatic heterocycles. The molecular weight excluding hydrogens is 310 g/mol. The lowest BCUT2D eigenvalue weighted by molar-refractivity contribution is -0.137. The standard InChI is InChI=1S/C13H13N3O5S/c1-7-3-9(13(20)21-2)12(22-7)15-11(19)8-4-14-16(5-8)6-10(17)18/h3-5H,6H2,1-2H3,(H,15,19)(H,17,18). The summed E-state index contributed by atoms with van der Waals surface area (Å²) in [7, 11) is 1.26. The fraction of sp³-hybridized carbons (Fsp3) is 0.231. The van der Waals surface area contributed by atoms with E-state index in [1.807, 2.05) is 0 Å². The first-order chi connectivity index (χ1) is 10.4. The molecule has 0 atom stereocenters. The third-order valence-corrected chi connectivity index (χ3v) is 3.65. The fourth-order valence-corrected chi connectivity index (χ4v) is 2.64. The number of ether oxygens (including phenoxy) is 1. The van der Waals surface area contributed by atoms with Gasteiger partial charge in [0.05, 0.1) is 24.4 Å². The molecule has 0 aromatic carbocycles. The number of thiophene rings is 1. The van der Waals surface area contributed by atoms with Gasteiger partial charge in [0.1, 0.15) is 11.5 Å². The smallest absolute Gasteiger partial charge is 0.340 e. The van der Waals surface area contributed by atoms with Gasteiger partial charge in [-0.1, -0.05) is 0 Å². The molecule has 0 spiro atoms. The van der Waals surface area contributed by atoms with Crippen LogP contribution in [0.15, 0.2) is 18.5 Å². The van der Waals surface area contributed by atoms with Crippen LogP contribution < -0.4 is 5.32 Å². The van der Waals surface area contributed by atoms with Crippen molar-refractivity contribution in [3.8, 4) is 0 Å². The molecular formula is C13H13N3O5S. The molecule has 2 N–H and O–H groups in total. The van der Waals surface area contributed by atoms with Gasteiger partial charge in [0.2, 0.25) is 0 Å². The largest absolute Gasteiger partial charge is 0.480 e. The Morgan fingerprint density at radius 2 is 2.18 bits per heavy atom. The first-order valence-corrected chi connectivity index (χ1v) is 6.96. The molecule has 0 fully saturated rings. The summed E-state index contributed by atoms with van der Waals surface area (Å²) >= 11 is 1.24. The Kier molecular flexibility index (Phi) is 4.56. The summed E-state index contributed by atoms with van der Waals surface area (Å²) in [5.74, 6) is -2.08. The number of carbonyl (C=O) groups excluding carboxylic acids is 2. The van der Waals surface area contributed by atoms with Crippen molar-refractivity contribution in [2.24, 2.45) is 0 Å². The summed E-state index contributed by atoms with van der Waals surface area (Å²) in [4.78, 5) is 35.2. The average Bonchev–Trinajstić information content (AvgIpc) is 3.04. The van der Waals surface area contributed by atoms with Crippen LogP contribution in [0.2, 0.25) is 0 Å². The third kappa shape index (κ3) is 3.50. The second-order valence-electron chi connectivity index (χ2n) is 4.37. The van der Waals surface area contributed by atoms with Gasteiger partial charge in [-0.2, -0.15) is 5.10 Å². The molecule has 0 aliphatic rings. The van der Waals surface area contributed by atoms with E-state index in [2.05, 4.69) is 15.2 Å². The average molecular weight is 323 g/mol. The summed E-state index contributed by atoms with van der Waals surface area (Å²) in [6, 6.07) is 1.62. The highest BCUT2D eigenvalue weighted by Crippen LogP contribution is 2.28. The molecule has 0 saturated heterocycles. The van der Waals surface area contributed by atoms with Crippen molar-refractivity contribution in [1.29, 1.82) is 0 Å². The predicted molar refractivity (Wildman–Crippen MR) is 78.2 cm³/mol. The molecule has 22 heavy (non-hydrogen) atoms.